The fourth-order valence-corrected chi connectivity index (χ4v) is 1.42. The van der Waals surface area contributed by atoms with Gasteiger partial charge in [-0.2, -0.15) is 0 Å². The molecule has 0 radical (unpaired) electrons. The van der Waals surface area contributed by atoms with Crippen molar-refractivity contribution in [3.05, 3.63) is 0 Å². The van der Waals surface area contributed by atoms with E-state index in [1.165, 1.54) is 12.0 Å². The molecule has 3 amide bonds. The van der Waals surface area contributed by atoms with Crippen LogP contribution in [0.15, 0.2) is 0 Å². The van der Waals surface area contributed by atoms with Crippen molar-refractivity contribution in [3.63, 3.8) is 0 Å². The van der Waals surface area contributed by atoms with E-state index in [1.54, 1.807) is 7.05 Å². The summed E-state index contributed by atoms with van der Waals surface area (Å²) < 4.78 is 4.48. The van der Waals surface area contributed by atoms with Crippen molar-refractivity contribution in [3.8, 4) is 0 Å². The number of amides is 3. The summed E-state index contributed by atoms with van der Waals surface area (Å²) in [5, 5.41) is 5.20. The van der Waals surface area contributed by atoms with Gasteiger partial charge < -0.3 is 26.0 Å². The molecular formula is C12H25ClN4O4. The van der Waals surface area contributed by atoms with Gasteiger partial charge in [0.2, 0.25) is 5.91 Å². The number of nitrogens with two attached hydrogens (primary N) is 1. The maximum atomic E-state index is 11.7. The number of urea groups is 1. The molecule has 4 N–H and O–H groups in total. The van der Waals surface area contributed by atoms with Gasteiger partial charge in [-0.15, -0.1) is 12.4 Å². The zero-order valence-corrected chi connectivity index (χ0v) is 13.5. The molecule has 0 saturated heterocycles. The van der Waals surface area contributed by atoms with Crippen LogP contribution in [0.4, 0.5) is 4.79 Å². The van der Waals surface area contributed by atoms with E-state index < -0.39 is 12.0 Å². The lowest BCUT2D eigenvalue weighted by Gasteiger charge is -2.18. The van der Waals surface area contributed by atoms with Gasteiger partial charge in [0.15, 0.2) is 0 Å². The predicted molar refractivity (Wildman–Crippen MR) is 81.2 cm³/mol. The predicted octanol–water partition coefficient (Wildman–Crippen LogP) is -0.534. The highest BCUT2D eigenvalue weighted by molar-refractivity contribution is 5.85. The number of ether oxygens (including phenoxy) is 1. The van der Waals surface area contributed by atoms with E-state index in [0.29, 0.717) is 19.6 Å². The SMILES string of the molecule is CCNC(=O)NCCN(C)C(=O)CCC(N)C(=O)OC.Cl. The second-order valence-corrected chi connectivity index (χ2v) is 4.27. The lowest BCUT2D eigenvalue weighted by Crippen LogP contribution is -2.41. The Morgan fingerprint density at radius 3 is 2.43 bits per heavy atom. The first-order valence-corrected chi connectivity index (χ1v) is 6.51. The van der Waals surface area contributed by atoms with Crippen LogP contribution in [0.5, 0.6) is 0 Å². The summed E-state index contributed by atoms with van der Waals surface area (Å²) in [5.74, 6) is -0.666. The van der Waals surface area contributed by atoms with Gasteiger partial charge in [-0.25, -0.2) is 4.79 Å². The number of esters is 1. The summed E-state index contributed by atoms with van der Waals surface area (Å²) in [6.45, 7) is 3.12. The molecule has 21 heavy (non-hydrogen) atoms. The van der Waals surface area contributed by atoms with Crippen LogP contribution < -0.4 is 16.4 Å². The Morgan fingerprint density at radius 2 is 1.90 bits per heavy atom. The molecule has 0 spiro atoms. The molecule has 0 aromatic carbocycles. The molecular weight excluding hydrogens is 300 g/mol. The lowest BCUT2D eigenvalue weighted by molar-refractivity contribution is -0.142. The van der Waals surface area contributed by atoms with Gasteiger partial charge in [0.1, 0.15) is 6.04 Å². The monoisotopic (exact) mass is 324 g/mol. The molecule has 0 aromatic heterocycles. The Kier molecular flexibility index (Phi) is 12.7. The molecule has 0 heterocycles. The van der Waals surface area contributed by atoms with Crippen molar-refractivity contribution in [2.24, 2.45) is 5.73 Å². The molecule has 0 aromatic rings. The van der Waals surface area contributed by atoms with Gasteiger partial charge in [0, 0.05) is 33.1 Å². The number of nitrogens with one attached hydrogen (secondary N) is 2. The van der Waals surface area contributed by atoms with Crippen molar-refractivity contribution < 1.29 is 19.1 Å². The largest absolute Gasteiger partial charge is 0.468 e. The summed E-state index contributed by atoms with van der Waals surface area (Å²) in [5.41, 5.74) is 5.54. The minimum Gasteiger partial charge on any atom is -0.468 e. The number of nitrogens with zero attached hydrogens (tertiary/aromatic N) is 1. The Labute approximate surface area is 131 Å². The maximum absolute atomic E-state index is 11.7. The van der Waals surface area contributed by atoms with Gasteiger partial charge in [0.25, 0.3) is 0 Å². The van der Waals surface area contributed by atoms with Crippen LogP contribution in [-0.2, 0) is 14.3 Å². The zero-order valence-electron chi connectivity index (χ0n) is 12.7. The van der Waals surface area contributed by atoms with Crippen LogP contribution in [0.3, 0.4) is 0 Å². The minimum absolute atomic E-state index is 0. The quantitative estimate of drug-likeness (QED) is 0.519. The maximum Gasteiger partial charge on any atom is 0.322 e. The minimum atomic E-state index is -0.786. The second kappa shape index (κ2) is 12.2. The van der Waals surface area contributed by atoms with Crippen LogP contribution >= 0.6 is 12.4 Å². The van der Waals surface area contributed by atoms with Crippen molar-refractivity contribution in [2.75, 3.05) is 33.8 Å². The summed E-state index contributed by atoms with van der Waals surface area (Å²) >= 11 is 0. The Balaban J connectivity index is 0. The van der Waals surface area contributed by atoms with Crippen LogP contribution in [-0.4, -0.2) is 62.6 Å². The fraction of sp³-hybridized carbons (Fsp3) is 0.750. The lowest BCUT2D eigenvalue weighted by atomic mass is 10.1. The molecule has 0 bridgehead atoms. The molecule has 1 atom stereocenters. The fourth-order valence-electron chi connectivity index (χ4n) is 1.42. The number of hydrogen-bond donors (Lipinski definition) is 3. The first kappa shape index (κ1) is 21.8. The number of carbonyl (C=O) groups is 3. The summed E-state index contributed by atoms with van der Waals surface area (Å²) in [6.07, 6.45) is 0.396. The molecule has 8 nitrogen and oxygen atoms in total. The third kappa shape index (κ3) is 9.91. The van der Waals surface area contributed by atoms with Crippen LogP contribution in [0.1, 0.15) is 19.8 Å². The van der Waals surface area contributed by atoms with E-state index in [9.17, 15) is 14.4 Å². The smallest absolute Gasteiger partial charge is 0.322 e. The average Bonchev–Trinajstić information content (AvgIpc) is 2.43. The van der Waals surface area contributed by atoms with E-state index in [-0.39, 0.29) is 37.2 Å². The van der Waals surface area contributed by atoms with Gasteiger partial charge in [-0.05, 0) is 13.3 Å². The third-order valence-corrected chi connectivity index (χ3v) is 2.67. The number of methoxy groups -OCH3 is 1. The van der Waals surface area contributed by atoms with Gasteiger partial charge in [0.05, 0.1) is 7.11 Å². The van der Waals surface area contributed by atoms with E-state index in [0.717, 1.165) is 0 Å². The Morgan fingerprint density at radius 1 is 1.29 bits per heavy atom. The van der Waals surface area contributed by atoms with E-state index in [4.69, 9.17) is 5.73 Å². The number of hydrogen-bond acceptors (Lipinski definition) is 5. The normalized spacial score (nSPS) is 10.9. The van der Waals surface area contributed by atoms with E-state index in [1.807, 2.05) is 6.92 Å². The number of rotatable bonds is 8. The van der Waals surface area contributed by atoms with Crippen LogP contribution in [0, 0.1) is 0 Å². The standard InChI is InChI=1S/C12H24N4O4.ClH/c1-4-14-12(19)15-7-8-16(2)10(17)6-5-9(13)11(18)20-3;/h9H,4-8,13H2,1-3H3,(H2,14,15,19);1H. The number of halogens is 1. The molecule has 0 rings (SSSR count). The Hall–Kier alpha value is -1.54. The molecule has 0 aliphatic rings. The Bertz CT molecular complexity index is 341. The molecule has 1 unspecified atom stereocenters. The topological polar surface area (TPSA) is 114 Å². The molecule has 0 aliphatic heterocycles. The molecule has 0 aliphatic carbocycles. The molecule has 9 heteroatoms. The first-order chi connectivity index (χ1) is 9.42. The molecule has 124 valence electrons. The van der Waals surface area contributed by atoms with Crippen molar-refractivity contribution in [1.29, 1.82) is 0 Å². The summed E-state index contributed by atoms with van der Waals surface area (Å²) in [4.78, 5) is 35.4. The highest BCUT2D eigenvalue weighted by Gasteiger charge is 2.17. The zero-order chi connectivity index (χ0) is 15.5. The van der Waals surface area contributed by atoms with E-state index in [2.05, 4.69) is 15.4 Å². The van der Waals surface area contributed by atoms with Crippen molar-refractivity contribution >= 4 is 30.3 Å². The average molecular weight is 325 g/mol. The third-order valence-electron chi connectivity index (χ3n) is 2.67. The van der Waals surface area contributed by atoms with Crippen molar-refractivity contribution in [2.45, 2.75) is 25.8 Å². The van der Waals surface area contributed by atoms with Gasteiger partial charge in [-0.1, -0.05) is 0 Å². The second-order valence-electron chi connectivity index (χ2n) is 4.27. The van der Waals surface area contributed by atoms with Crippen molar-refractivity contribution in [1.82, 2.24) is 15.5 Å². The van der Waals surface area contributed by atoms with Crippen LogP contribution in [0.2, 0.25) is 0 Å². The number of likely N-dealkylation sites (N-methyl/N-ethyl adjacent to an activating group) is 1. The van der Waals surface area contributed by atoms with Gasteiger partial charge >= 0.3 is 12.0 Å². The highest BCUT2D eigenvalue weighted by Crippen LogP contribution is 2.00. The van der Waals surface area contributed by atoms with E-state index >= 15 is 0 Å². The first-order valence-electron chi connectivity index (χ1n) is 6.51. The summed E-state index contributed by atoms with van der Waals surface area (Å²) in [7, 11) is 2.88. The summed E-state index contributed by atoms with van der Waals surface area (Å²) in [6, 6.07) is -1.05. The van der Waals surface area contributed by atoms with Crippen LogP contribution in [0.25, 0.3) is 0 Å². The molecule has 0 saturated carbocycles. The highest BCUT2D eigenvalue weighted by atomic mass is 35.5. The number of carbonyl (C=O) groups excluding carboxylic acids is 3. The van der Waals surface area contributed by atoms with Gasteiger partial charge in [-0.3, -0.25) is 9.59 Å². The molecule has 0 fully saturated rings.